The summed E-state index contributed by atoms with van der Waals surface area (Å²) in [5.74, 6) is 1.99. The van der Waals surface area contributed by atoms with E-state index in [4.69, 9.17) is 25.6 Å². The van der Waals surface area contributed by atoms with Crippen LogP contribution in [0.1, 0.15) is 18.5 Å². The molecule has 37 heavy (non-hydrogen) atoms. The lowest BCUT2D eigenvalue weighted by Gasteiger charge is -2.29. The number of fused-ring (bicyclic) bond motifs is 2. The largest absolute Gasteiger partial charge is 0.489 e. The Balaban J connectivity index is 1.21. The van der Waals surface area contributed by atoms with Crippen LogP contribution in [0.3, 0.4) is 0 Å². The number of anilines is 2. The van der Waals surface area contributed by atoms with Gasteiger partial charge in [0.25, 0.3) is 0 Å². The van der Waals surface area contributed by atoms with E-state index in [2.05, 4.69) is 32.4 Å². The summed E-state index contributed by atoms with van der Waals surface area (Å²) in [6, 6.07) is 19.1. The van der Waals surface area contributed by atoms with E-state index in [1.807, 2.05) is 60.7 Å². The summed E-state index contributed by atoms with van der Waals surface area (Å²) < 4.78 is 17.7. The van der Waals surface area contributed by atoms with Crippen LogP contribution in [-0.2, 0) is 6.61 Å². The molecule has 9 heteroatoms. The van der Waals surface area contributed by atoms with Crippen molar-refractivity contribution in [1.82, 2.24) is 20.0 Å². The van der Waals surface area contributed by atoms with E-state index in [1.54, 1.807) is 6.33 Å². The molecule has 0 atom stereocenters. The molecule has 1 N–H and O–H groups in total. The highest BCUT2D eigenvalue weighted by atomic mass is 35.5. The topological polar surface area (TPSA) is 85.5 Å². The van der Waals surface area contributed by atoms with Gasteiger partial charge in [-0.15, -0.1) is 0 Å². The van der Waals surface area contributed by atoms with Crippen LogP contribution >= 0.6 is 11.6 Å². The predicted molar refractivity (Wildman–Crippen MR) is 144 cm³/mol. The first-order chi connectivity index (χ1) is 18.1. The van der Waals surface area contributed by atoms with Gasteiger partial charge in [0.1, 0.15) is 42.0 Å². The van der Waals surface area contributed by atoms with Crippen LogP contribution in [0, 0.1) is 0 Å². The first kappa shape index (κ1) is 23.5. The first-order valence-corrected chi connectivity index (χ1v) is 12.6. The molecular formula is C28H26ClN5O3. The van der Waals surface area contributed by atoms with Crippen molar-refractivity contribution in [2.75, 3.05) is 25.5 Å². The van der Waals surface area contributed by atoms with Crippen molar-refractivity contribution in [2.24, 2.45) is 0 Å². The maximum atomic E-state index is 6.57. The number of benzene rings is 3. The highest BCUT2D eigenvalue weighted by molar-refractivity contribution is 6.32. The van der Waals surface area contributed by atoms with Crippen LogP contribution in [0.4, 0.5) is 11.5 Å². The average molecular weight is 516 g/mol. The molecule has 5 aromatic rings. The van der Waals surface area contributed by atoms with Gasteiger partial charge in [-0.05, 0) is 62.4 Å². The van der Waals surface area contributed by atoms with Gasteiger partial charge in [-0.2, -0.15) is 0 Å². The van der Waals surface area contributed by atoms with Crippen molar-refractivity contribution in [2.45, 2.75) is 25.6 Å². The monoisotopic (exact) mass is 515 g/mol. The maximum absolute atomic E-state index is 6.57. The highest BCUT2D eigenvalue weighted by Gasteiger charge is 2.20. The second-order valence-corrected chi connectivity index (χ2v) is 9.58. The number of rotatable bonds is 7. The summed E-state index contributed by atoms with van der Waals surface area (Å²) in [4.78, 5) is 11.3. The Morgan fingerprint density at radius 1 is 1.03 bits per heavy atom. The molecule has 0 spiro atoms. The number of nitrogens with one attached hydrogen (secondary N) is 1. The molecule has 188 valence electrons. The molecule has 1 aliphatic rings. The van der Waals surface area contributed by atoms with Gasteiger partial charge in [0.05, 0.1) is 15.9 Å². The minimum Gasteiger partial charge on any atom is -0.489 e. The number of ether oxygens (including phenoxy) is 2. The molecule has 0 radical (unpaired) electrons. The van der Waals surface area contributed by atoms with Crippen LogP contribution in [0.25, 0.3) is 21.9 Å². The normalized spacial score (nSPS) is 14.8. The van der Waals surface area contributed by atoms with E-state index in [0.717, 1.165) is 64.9 Å². The molecule has 0 bridgehead atoms. The number of para-hydroxylation sites is 1. The zero-order valence-electron chi connectivity index (χ0n) is 20.4. The third kappa shape index (κ3) is 5.03. The third-order valence-corrected chi connectivity index (χ3v) is 6.89. The second kappa shape index (κ2) is 10.2. The summed E-state index contributed by atoms with van der Waals surface area (Å²) in [6.07, 6.45) is 3.70. The summed E-state index contributed by atoms with van der Waals surface area (Å²) in [5, 5.41) is 9.74. The molecule has 1 saturated heterocycles. The standard InChI is InChI=1S/C28H26ClN5O3/c1-34-13-11-19(12-14-34)36-26-8-4-6-22-27(26)28(31-17-30-22)32-18-9-10-25(21(29)15-18)35-16-23-20-5-2-3-7-24(20)37-33-23/h2-10,15,17,19H,11-14,16H2,1H3,(H,30,31,32). The fraction of sp³-hybridized carbons (Fsp3) is 0.250. The van der Waals surface area contributed by atoms with Crippen molar-refractivity contribution < 1.29 is 14.0 Å². The number of piperidine rings is 1. The number of nitrogens with zero attached hydrogens (tertiary/aromatic N) is 4. The Hall–Kier alpha value is -3.88. The van der Waals surface area contributed by atoms with Crippen LogP contribution in [0.5, 0.6) is 11.5 Å². The second-order valence-electron chi connectivity index (χ2n) is 9.18. The SMILES string of the molecule is CN1CCC(Oc2cccc3ncnc(Nc4ccc(OCc5noc6ccccc56)c(Cl)c4)c23)CC1. The van der Waals surface area contributed by atoms with Crippen LogP contribution in [0.2, 0.25) is 5.02 Å². The Morgan fingerprint density at radius 2 is 1.89 bits per heavy atom. The van der Waals surface area contributed by atoms with E-state index in [9.17, 15) is 0 Å². The molecule has 1 aliphatic heterocycles. The van der Waals surface area contributed by atoms with Crippen LogP contribution < -0.4 is 14.8 Å². The zero-order valence-corrected chi connectivity index (χ0v) is 21.1. The molecule has 0 amide bonds. The molecule has 0 saturated carbocycles. The van der Waals surface area contributed by atoms with Gasteiger partial charge in [0.15, 0.2) is 5.58 Å². The Kier molecular flexibility index (Phi) is 6.51. The third-order valence-electron chi connectivity index (χ3n) is 6.60. The Bertz CT molecular complexity index is 1540. The Morgan fingerprint density at radius 3 is 2.76 bits per heavy atom. The molecule has 0 aliphatic carbocycles. The van der Waals surface area contributed by atoms with Gasteiger partial charge in [0, 0.05) is 24.2 Å². The van der Waals surface area contributed by atoms with Gasteiger partial charge in [-0.1, -0.05) is 35.0 Å². The fourth-order valence-corrected chi connectivity index (χ4v) is 4.81. The molecule has 0 unspecified atom stereocenters. The van der Waals surface area contributed by atoms with E-state index in [1.165, 1.54) is 0 Å². The summed E-state index contributed by atoms with van der Waals surface area (Å²) in [5.41, 5.74) is 3.04. The van der Waals surface area contributed by atoms with Crippen molar-refractivity contribution >= 4 is 45.0 Å². The fourth-order valence-electron chi connectivity index (χ4n) is 4.57. The van der Waals surface area contributed by atoms with Gasteiger partial charge in [0.2, 0.25) is 0 Å². The van der Waals surface area contributed by atoms with Gasteiger partial charge < -0.3 is 24.2 Å². The van der Waals surface area contributed by atoms with Crippen molar-refractivity contribution in [3.8, 4) is 11.5 Å². The zero-order chi connectivity index (χ0) is 25.2. The smallest absolute Gasteiger partial charge is 0.167 e. The quantitative estimate of drug-likeness (QED) is 0.273. The lowest BCUT2D eigenvalue weighted by atomic mass is 10.1. The molecule has 8 nitrogen and oxygen atoms in total. The van der Waals surface area contributed by atoms with Crippen LogP contribution in [-0.4, -0.2) is 46.3 Å². The molecule has 3 heterocycles. The number of aromatic nitrogens is 3. The lowest BCUT2D eigenvalue weighted by Crippen LogP contribution is -2.35. The van der Waals surface area contributed by atoms with Crippen molar-refractivity contribution in [3.63, 3.8) is 0 Å². The lowest BCUT2D eigenvalue weighted by molar-refractivity contribution is 0.116. The first-order valence-electron chi connectivity index (χ1n) is 12.3. The number of halogens is 1. The minimum atomic E-state index is 0.169. The van der Waals surface area contributed by atoms with Crippen molar-refractivity contribution in [3.05, 3.63) is 77.7 Å². The van der Waals surface area contributed by atoms with Gasteiger partial charge in [-0.25, -0.2) is 9.97 Å². The molecule has 3 aromatic carbocycles. The predicted octanol–water partition coefficient (Wildman–Crippen LogP) is 6.22. The summed E-state index contributed by atoms with van der Waals surface area (Å²) in [6.45, 7) is 2.30. The Labute approximate surface area is 219 Å². The number of hydrogen-bond donors (Lipinski definition) is 1. The van der Waals surface area contributed by atoms with Gasteiger partial charge in [-0.3, -0.25) is 0 Å². The minimum absolute atomic E-state index is 0.169. The van der Waals surface area contributed by atoms with E-state index in [0.29, 0.717) is 16.6 Å². The molecule has 1 fully saturated rings. The highest BCUT2D eigenvalue weighted by Crippen LogP contribution is 2.35. The number of hydrogen-bond acceptors (Lipinski definition) is 8. The summed E-state index contributed by atoms with van der Waals surface area (Å²) in [7, 11) is 2.14. The molecular weight excluding hydrogens is 490 g/mol. The summed E-state index contributed by atoms with van der Waals surface area (Å²) >= 11 is 6.57. The van der Waals surface area contributed by atoms with E-state index >= 15 is 0 Å². The van der Waals surface area contributed by atoms with E-state index in [-0.39, 0.29) is 12.7 Å². The van der Waals surface area contributed by atoms with Crippen molar-refractivity contribution in [1.29, 1.82) is 0 Å². The van der Waals surface area contributed by atoms with Crippen LogP contribution in [0.15, 0.2) is 71.5 Å². The number of likely N-dealkylation sites (tertiary alicyclic amines) is 1. The van der Waals surface area contributed by atoms with Gasteiger partial charge >= 0.3 is 0 Å². The average Bonchev–Trinajstić information content (AvgIpc) is 3.33. The molecule has 2 aromatic heterocycles. The molecule has 6 rings (SSSR count). The maximum Gasteiger partial charge on any atom is 0.167 e. The van der Waals surface area contributed by atoms with E-state index < -0.39 is 0 Å².